The Kier molecular flexibility index (Phi) is 4.67. The average molecular weight is 459 g/mol. The topological polar surface area (TPSA) is 74.0 Å². The van der Waals surface area contributed by atoms with Crippen molar-refractivity contribution in [3.05, 3.63) is 69.4 Å². The molecule has 1 aliphatic rings. The predicted molar refractivity (Wildman–Crippen MR) is 109 cm³/mol. The lowest BCUT2D eigenvalue weighted by atomic mass is 9.98. The first-order valence-corrected chi connectivity index (χ1v) is 9.59. The van der Waals surface area contributed by atoms with Crippen molar-refractivity contribution in [1.82, 2.24) is 15.6 Å². The van der Waals surface area contributed by atoms with Gasteiger partial charge in [-0.15, -0.1) is 0 Å². The highest BCUT2D eigenvalue weighted by Gasteiger charge is 2.34. The number of hydrogen-bond donors (Lipinski definition) is 3. The fourth-order valence-electron chi connectivity index (χ4n) is 3.37. The zero-order valence-electron chi connectivity index (χ0n) is 14.0. The summed E-state index contributed by atoms with van der Waals surface area (Å²) in [6.07, 6.45) is 2.87. The van der Waals surface area contributed by atoms with Crippen molar-refractivity contribution in [2.75, 3.05) is 0 Å². The van der Waals surface area contributed by atoms with Gasteiger partial charge in [0.1, 0.15) is 12.1 Å². The third kappa shape index (κ3) is 3.33. The molecule has 6 heteroatoms. The second-order valence-corrected chi connectivity index (χ2v) is 7.64. The third-order valence-electron chi connectivity index (χ3n) is 4.75. The van der Waals surface area contributed by atoms with Crippen LogP contribution < -0.4 is 10.6 Å². The number of carbonyl (C=O) groups is 2. The van der Waals surface area contributed by atoms with Gasteiger partial charge in [0.2, 0.25) is 11.8 Å². The van der Waals surface area contributed by atoms with Crippen LogP contribution in [-0.2, 0) is 22.4 Å². The molecule has 2 amide bonds. The van der Waals surface area contributed by atoms with Gasteiger partial charge in [-0.3, -0.25) is 9.59 Å². The lowest BCUT2D eigenvalue weighted by molar-refractivity contribution is -0.136. The van der Waals surface area contributed by atoms with Gasteiger partial charge in [-0.25, -0.2) is 0 Å². The maximum atomic E-state index is 12.5. The number of nitrogens with one attached hydrogen (secondary N) is 3. The maximum absolute atomic E-state index is 12.5. The number of hydrogen-bond acceptors (Lipinski definition) is 2. The Morgan fingerprint density at radius 3 is 2.15 bits per heavy atom. The van der Waals surface area contributed by atoms with E-state index >= 15 is 0 Å². The zero-order chi connectivity index (χ0) is 18.1. The summed E-state index contributed by atoms with van der Waals surface area (Å²) in [7, 11) is 0. The Labute approximate surface area is 164 Å². The van der Waals surface area contributed by atoms with E-state index in [9.17, 15) is 9.59 Å². The fourth-order valence-corrected chi connectivity index (χ4v) is 3.98. The number of fused-ring (bicyclic) bond motifs is 1. The van der Waals surface area contributed by atoms with E-state index in [1.807, 2.05) is 54.7 Å². The van der Waals surface area contributed by atoms with Crippen molar-refractivity contribution in [2.45, 2.75) is 24.9 Å². The number of H-pyrrole nitrogens is 1. The summed E-state index contributed by atoms with van der Waals surface area (Å²) in [5, 5.41) is 6.86. The number of carbonyl (C=O) groups excluding carboxylic acids is 2. The Morgan fingerprint density at radius 2 is 1.42 bits per heavy atom. The van der Waals surface area contributed by atoms with Gasteiger partial charge in [-0.2, -0.15) is 0 Å². The van der Waals surface area contributed by atoms with Gasteiger partial charge in [0.05, 0.1) is 0 Å². The van der Waals surface area contributed by atoms with Crippen molar-refractivity contribution in [3.63, 3.8) is 0 Å². The highest BCUT2D eigenvalue weighted by molar-refractivity contribution is 14.1. The minimum absolute atomic E-state index is 0.130. The summed E-state index contributed by atoms with van der Waals surface area (Å²) < 4.78 is 1.09. The smallest absolute Gasteiger partial charge is 0.243 e. The van der Waals surface area contributed by atoms with E-state index in [0.29, 0.717) is 12.8 Å². The molecule has 3 N–H and O–H groups in total. The number of amides is 2. The summed E-state index contributed by atoms with van der Waals surface area (Å²) >= 11 is 2.25. The second-order valence-electron chi connectivity index (χ2n) is 6.48. The molecule has 0 spiro atoms. The molecule has 1 saturated heterocycles. The van der Waals surface area contributed by atoms with E-state index in [4.69, 9.17) is 0 Å². The molecule has 132 valence electrons. The van der Waals surface area contributed by atoms with Gasteiger partial charge in [-0.1, -0.05) is 36.4 Å². The Hall–Kier alpha value is -2.35. The number of piperazine rings is 1. The van der Waals surface area contributed by atoms with Crippen molar-refractivity contribution < 1.29 is 9.59 Å². The Bertz CT molecular complexity index is 982. The van der Waals surface area contributed by atoms with Gasteiger partial charge in [0.25, 0.3) is 0 Å². The van der Waals surface area contributed by atoms with Crippen molar-refractivity contribution in [3.8, 4) is 0 Å². The van der Waals surface area contributed by atoms with E-state index in [1.54, 1.807) is 0 Å². The van der Waals surface area contributed by atoms with Gasteiger partial charge >= 0.3 is 0 Å². The molecule has 0 bridgehead atoms. The summed E-state index contributed by atoms with van der Waals surface area (Å²) in [5.41, 5.74) is 3.11. The first kappa shape index (κ1) is 17.1. The molecule has 0 aliphatic carbocycles. The molecule has 3 aromatic rings. The van der Waals surface area contributed by atoms with Crippen molar-refractivity contribution in [1.29, 1.82) is 0 Å². The van der Waals surface area contributed by atoms with E-state index in [1.165, 1.54) is 0 Å². The Balaban J connectivity index is 1.48. The fraction of sp³-hybridized carbons (Fsp3) is 0.200. The normalized spacial score (nSPS) is 20.0. The van der Waals surface area contributed by atoms with E-state index in [0.717, 1.165) is 25.6 Å². The molecule has 2 heterocycles. The molecule has 1 aromatic heterocycles. The van der Waals surface area contributed by atoms with Crippen LogP contribution in [0.5, 0.6) is 0 Å². The molecule has 1 fully saturated rings. The number of benzene rings is 2. The minimum atomic E-state index is -0.548. The number of aromatic amines is 1. The molecule has 5 nitrogen and oxygen atoms in total. The minimum Gasteiger partial charge on any atom is -0.361 e. The van der Waals surface area contributed by atoms with Gasteiger partial charge < -0.3 is 15.6 Å². The van der Waals surface area contributed by atoms with Crippen LogP contribution in [-0.4, -0.2) is 28.9 Å². The lowest BCUT2D eigenvalue weighted by Crippen LogP contribution is -2.62. The van der Waals surface area contributed by atoms with Crippen LogP contribution in [0.2, 0.25) is 0 Å². The average Bonchev–Trinajstić information content (AvgIpc) is 3.04. The van der Waals surface area contributed by atoms with Crippen LogP contribution in [0.15, 0.2) is 54.7 Å². The third-order valence-corrected chi connectivity index (χ3v) is 5.80. The summed E-state index contributed by atoms with van der Waals surface area (Å²) in [5.74, 6) is -0.264. The maximum Gasteiger partial charge on any atom is 0.243 e. The first-order chi connectivity index (χ1) is 12.6. The quantitative estimate of drug-likeness (QED) is 0.525. The summed E-state index contributed by atoms with van der Waals surface area (Å²) in [6.45, 7) is 0. The number of halogens is 1. The number of rotatable bonds is 4. The summed E-state index contributed by atoms with van der Waals surface area (Å²) in [4.78, 5) is 28.3. The van der Waals surface area contributed by atoms with Crippen LogP contribution in [0.1, 0.15) is 11.1 Å². The highest BCUT2D eigenvalue weighted by Crippen LogP contribution is 2.20. The zero-order valence-corrected chi connectivity index (χ0v) is 16.1. The van der Waals surface area contributed by atoms with Gasteiger partial charge in [0, 0.05) is 33.5 Å². The highest BCUT2D eigenvalue weighted by atomic mass is 127. The van der Waals surface area contributed by atoms with Crippen molar-refractivity contribution in [2.24, 2.45) is 0 Å². The Morgan fingerprint density at radius 1 is 0.808 bits per heavy atom. The molecule has 26 heavy (non-hydrogen) atoms. The number of para-hydroxylation sites is 1. The van der Waals surface area contributed by atoms with E-state index in [-0.39, 0.29) is 11.8 Å². The molecular weight excluding hydrogens is 441 g/mol. The van der Waals surface area contributed by atoms with Crippen LogP contribution >= 0.6 is 22.6 Å². The van der Waals surface area contributed by atoms with Crippen LogP contribution in [0.4, 0.5) is 0 Å². The molecule has 1 aliphatic heterocycles. The lowest BCUT2D eigenvalue weighted by Gasteiger charge is -2.29. The molecule has 4 rings (SSSR count). The molecule has 0 unspecified atom stereocenters. The van der Waals surface area contributed by atoms with Crippen LogP contribution in [0.3, 0.4) is 0 Å². The molecule has 2 aromatic carbocycles. The molecule has 2 atom stereocenters. The second kappa shape index (κ2) is 7.11. The van der Waals surface area contributed by atoms with Gasteiger partial charge in [-0.05, 0) is 45.9 Å². The monoisotopic (exact) mass is 459 g/mol. The van der Waals surface area contributed by atoms with Crippen molar-refractivity contribution >= 4 is 45.3 Å². The molecular formula is C20H18IN3O2. The van der Waals surface area contributed by atoms with Gasteiger partial charge in [0.15, 0.2) is 0 Å². The molecule has 0 saturated carbocycles. The molecule has 0 radical (unpaired) electrons. The van der Waals surface area contributed by atoms with Crippen LogP contribution in [0.25, 0.3) is 10.9 Å². The van der Waals surface area contributed by atoms with Crippen LogP contribution in [0, 0.1) is 3.57 Å². The predicted octanol–water partition coefficient (Wildman–Crippen LogP) is 2.54. The standard InChI is InChI=1S/C20H18IN3O2/c21-15-7-3-1-5-12(15)9-17-19(25)24-18(20(26)23-17)10-13-11-22-16-8-4-2-6-14(13)16/h1-8,11,17-18,22H,9-10H2,(H,23,26)(H,24,25)/t17-,18-/m0/s1. The largest absolute Gasteiger partial charge is 0.361 e. The number of aromatic nitrogens is 1. The summed E-state index contributed by atoms with van der Waals surface area (Å²) in [6, 6.07) is 14.8. The van der Waals surface area contributed by atoms with E-state index < -0.39 is 12.1 Å². The van der Waals surface area contributed by atoms with E-state index in [2.05, 4.69) is 38.2 Å². The first-order valence-electron chi connectivity index (χ1n) is 8.51. The SMILES string of the molecule is O=C1N[C@@H](Cc2c[nH]c3ccccc23)C(=O)N[C@H]1Cc1ccccc1I.